The Morgan fingerprint density at radius 2 is 1.91 bits per heavy atom. The molecule has 3 fully saturated rings. The summed E-state index contributed by atoms with van der Waals surface area (Å²) in [5.74, 6) is 3.62. The quantitative estimate of drug-likeness (QED) is 0.701. The summed E-state index contributed by atoms with van der Waals surface area (Å²) in [5.41, 5.74) is 1.41. The van der Waals surface area contributed by atoms with Crippen molar-refractivity contribution in [2.45, 2.75) is 72.1 Å². The molecular formula is C21H30O2. The van der Waals surface area contributed by atoms with E-state index < -0.39 is 0 Å². The number of hydrogen-bond donors (Lipinski definition) is 0. The van der Waals surface area contributed by atoms with Crippen LogP contribution in [0.25, 0.3) is 0 Å². The Labute approximate surface area is 140 Å². The van der Waals surface area contributed by atoms with Crippen LogP contribution in [0.15, 0.2) is 11.6 Å². The minimum Gasteiger partial charge on any atom is -0.299 e. The Balaban J connectivity index is 1.64. The first-order valence-electron chi connectivity index (χ1n) is 9.59. The van der Waals surface area contributed by atoms with Gasteiger partial charge in [0.15, 0.2) is 5.78 Å². The van der Waals surface area contributed by atoms with Gasteiger partial charge in [-0.05, 0) is 86.5 Å². The van der Waals surface area contributed by atoms with Gasteiger partial charge in [0, 0.05) is 11.8 Å². The number of rotatable bonds is 1. The zero-order valence-corrected chi connectivity index (χ0v) is 14.9. The summed E-state index contributed by atoms with van der Waals surface area (Å²) in [6.07, 6.45) is 11.1. The molecule has 6 atom stereocenters. The fourth-order valence-electron chi connectivity index (χ4n) is 6.94. The predicted octanol–water partition coefficient (Wildman–Crippen LogP) is 4.72. The minimum atomic E-state index is -0.0145. The SMILES string of the molecule is CC(=O)C1=CC[C@@]2(C)C(CCC3C2CC[C@]2(C)C(=O)CCC32)C1. The first kappa shape index (κ1) is 15.6. The van der Waals surface area contributed by atoms with Crippen LogP contribution in [0.1, 0.15) is 72.1 Å². The summed E-state index contributed by atoms with van der Waals surface area (Å²) in [4.78, 5) is 24.2. The molecule has 4 unspecified atom stereocenters. The van der Waals surface area contributed by atoms with Crippen molar-refractivity contribution < 1.29 is 9.59 Å². The molecule has 0 aromatic carbocycles. The topological polar surface area (TPSA) is 34.1 Å². The average molecular weight is 314 g/mol. The molecule has 4 aliphatic rings. The van der Waals surface area contributed by atoms with Gasteiger partial charge in [-0.3, -0.25) is 9.59 Å². The van der Waals surface area contributed by atoms with Gasteiger partial charge < -0.3 is 0 Å². The number of carbonyl (C=O) groups is 2. The summed E-state index contributed by atoms with van der Waals surface area (Å²) in [7, 11) is 0. The van der Waals surface area contributed by atoms with Gasteiger partial charge in [0.2, 0.25) is 0 Å². The zero-order valence-electron chi connectivity index (χ0n) is 14.9. The molecule has 0 bridgehead atoms. The van der Waals surface area contributed by atoms with E-state index in [9.17, 15) is 9.59 Å². The average Bonchev–Trinajstić information content (AvgIpc) is 2.82. The maximum absolute atomic E-state index is 12.4. The monoisotopic (exact) mass is 314 g/mol. The molecule has 0 aliphatic heterocycles. The van der Waals surface area contributed by atoms with Crippen LogP contribution in [-0.4, -0.2) is 11.6 Å². The molecule has 0 N–H and O–H groups in total. The molecule has 0 heterocycles. The fraction of sp³-hybridized carbons (Fsp3) is 0.810. The lowest BCUT2D eigenvalue weighted by Crippen LogP contribution is -2.52. The van der Waals surface area contributed by atoms with Gasteiger partial charge >= 0.3 is 0 Å². The highest BCUT2D eigenvalue weighted by molar-refractivity contribution is 5.93. The molecule has 23 heavy (non-hydrogen) atoms. The Morgan fingerprint density at radius 1 is 1.13 bits per heavy atom. The van der Waals surface area contributed by atoms with Crippen LogP contribution < -0.4 is 0 Å². The number of fused-ring (bicyclic) bond motifs is 5. The van der Waals surface area contributed by atoms with Gasteiger partial charge in [0.1, 0.15) is 5.78 Å². The van der Waals surface area contributed by atoms with Gasteiger partial charge in [-0.1, -0.05) is 19.9 Å². The molecule has 3 saturated carbocycles. The van der Waals surface area contributed by atoms with Gasteiger partial charge in [-0.25, -0.2) is 0 Å². The molecule has 0 saturated heterocycles. The van der Waals surface area contributed by atoms with Crippen molar-refractivity contribution in [1.29, 1.82) is 0 Å². The highest BCUT2D eigenvalue weighted by Crippen LogP contribution is 2.65. The largest absolute Gasteiger partial charge is 0.299 e. The van der Waals surface area contributed by atoms with Crippen LogP contribution in [0.2, 0.25) is 0 Å². The van der Waals surface area contributed by atoms with Crippen LogP contribution in [0.3, 0.4) is 0 Å². The van der Waals surface area contributed by atoms with E-state index in [0.29, 0.717) is 23.0 Å². The van der Waals surface area contributed by atoms with Crippen molar-refractivity contribution in [2.75, 3.05) is 0 Å². The molecule has 0 aromatic heterocycles. The maximum atomic E-state index is 12.4. The molecule has 0 radical (unpaired) electrons. The summed E-state index contributed by atoms with van der Waals surface area (Å²) >= 11 is 0. The maximum Gasteiger partial charge on any atom is 0.155 e. The molecule has 0 amide bonds. The predicted molar refractivity (Wildman–Crippen MR) is 90.9 cm³/mol. The molecule has 126 valence electrons. The fourth-order valence-corrected chi connectivity index (χ4v) is 6.94. The molecular weight excluding hydrogens is 284 g/mol. The van der Waals surface area contributed by atoms with Crippen LogP contribution in [0, 0.1) is 34.5 Å². The molecule has 0 spiro atoms. The smallest absolute Gasteiger partial charge is 0.155 e. The second kappa shape index (κ2) is 5.04. The van der Waals surface area contributed by atoms with E-state index in [-0.39, 0.29) is 11.2 Å². The van der Waals surface area contributed by atoms with Crippen LogP contribution >= 0.6 is 0 Å². The van der Waals surface area contributed by atoms with E-state index in [0.717, 1.165) is 49.5 Å². The van der Waals surface area contributed by atoms with E-state index in [2.05, 4.69) is 19.9 Å². The molecule has 4 rings (SSSR count). The van der Waals surface area contributed by atoms with Gasteiger partial charge in [0.25, 0.3) is 0 Å². The number of Topliss-reactive ketones (excluding diaryl/α,β-unsaturated/α-hetero) is 2. The third kappa shape index (κ3) is 2.06. The minimum absolute atomic E-state index is 0.0145. The summed E-state index contributed by atoms with van der Waals surface area (Å²) in [6.45, 7) is 6.46. The van der Waals surface area contributed by atoms with E-state index in [4.69, 9.17) is 0 Å². The first-order valence-corrected chi connectivity index (χ1v) is 9.59. The second-order valence-corrected chi connectivity index (χ2v) is 9.27. The third-order valence-corrected chi connectivity index (χ3v) is 8.48. The van der Waals surface area contributed by atoms with Gasteiger partial charge in [-0.15, -0.1) is 0 Å². The highest BCUT2D eigenvalue weighted by Gasteiger charge is 2.59. The molecule has 2 nitrogen and oxygen atoms in total. The summed E-state index contributed by atoms with van der Waals surface area (Å²) in [5, 5.41) is 0. The Morgan fingerprint density at radius 3 is 2.65 bits per heavy atom. The Kier molecular flexibility index (Phi) is 3.42. The third-order valence-electron chi connectivity index (χ3n) is 8.48. The summed E-state index contributed by atoms with van der Waals surface area (Å²) < 4.78 is 0. The number of hydrogen-bond acceptors (Lipinski definition) is 2. The molecule has 4 aliphatic carbocycles. The lowest BCUT2D eigenvalue weighted by atomic mass is 9.45. The van der Waals surface area contributed by atoms with E-state index in [1.807, 2.05) is 0 Å². The summed E-state index contributed by atoms with van der Waals surface area (Å²) in [6, 6.07) is 0. The lowest BCUT2D eigenvalue weighted by molar-refractivity contribution is -0.136. The van der Waals surface area contributed by atoms with Crippen molar-refractivity contribution in [3.8, 4) is 0 Å². The van der Waals surface area contributed by atoms with E-state index in [1.165, 1.54) is 19.3 Å². The van der Waals surface area contributed by atoms with Crippen molar-refractivity contribution in [2.24, 2.45) is 34.5 Å². The number of ketones is 2. The van der Waals surface area contributed by atoms with Crippen molar-refractivity contribution in [3.05, 3.63) is 11.6 Å². The van der Waals surface area contributed by atoms with Gasteiger partial charge in [-0.2, -0.15) is 0 Å². The molecule has 2 heteroatoms. The number of carbonyl (C=O) groups excluding carboxylic acids is 2. The van der Waals surface area contributed by atoms with Crippen LogP contribution in [0.4, 0.5) is 0 Å². The highest BCUT2D eigenvalue weighted by atomic mass is 16.1. The van der Waals surface area contributed by atoms with Gasteiger partial charge in [0.05, 0.1) is 0 Å². The first-order chi connectivity index (χ1) is 10.9. The van der Waals surface area contributed by atoms with E-state index >= 15 is 0 Å². The van der Waals surface area contributed by atoms with Crippen LogP contribution in [0.5, 0.6) is 0 Å². The number of allylic oxidation sites excluding steroid dienone is 2. The lowest BCUT2D eigenvalue weighted by Gasteiger charge is -2.59. The normalized spacial score (nSPS) is 49.0. The second-order valence-electron chi connectivity index (χ2n) is 9.27. The molecule has 0 aromatic rings. The van der Waals surface area contributed by atoms with E-state index in [1.54, 1.807) is 6.92 Å². The van der Waals surface area contributed by atoms with Crippen LogP contribution in [-0.2, 0) is 9.59 Å². The Bertz CT molecular complexity index is 589. The Hall–Kier alpha value is -0.920. The van der Waals surface area contributed by atoms with Crippen molar-refractivity contribution in [3.63, 3.8) is 0 Å². The van der Waals surface area contributed by atoms with Crippen molar-refractivity contribution >= 4 is 11.6 Å². The zero-order chi connectivity index (χ0) is 16.4. The standard InChI is InChI=1S/C21H30O2/c1-13(22)14-8-10-20(2)15(12-14)4-5-16-17-6-7-19(23)21(17,3)11-9-18(16)20/h8,15-18H,4-7,9-12H2,1-3H3/t15?,16?,17?,18?,20-,21-/m0/s1. The van der Waals surface area contributed by atoms with Crippen molar-refractivity contribution in [1.82, 2.24) is 0 Å².